The number of rotatable bonds is 4. The van der Waals surface area contributed by atoms with E-state index in [4.69, 9.17) is 0 Å². The molecule has 136 valence electrons. The van der Waals surface area contributed by atoms with E-state index in [1.807, 2.05) is 37.0 Å². The van der Waals surface area contributed by atoms with Crippen LogP contribution in [0.5, 0.6) is 0 Å². The van der Waals surface area contributed by atoms with Gasteiger partial charge in [0.15, 0.2) is 5.65 Å². The van der Waals surface area contributed by atoms with Crippen LogP contribution in [0.3, 0.4) is 0 Å². The number of thiazole rings is 1. The molecule has 0 atom stereocenters. The lowest BCUT2D eigenvalue weighted by Gasteiger charge is -2.09. The van der Waals surface area contributed by atoms with Gasteiger partial charge in [0.05, 0.1) is 24.0 Å². The van der Waals surface area contributed by atoms with Gasteiger partial charge in [0.1, 0.15) is 10.5 Å². The molecule has 4 aromatic rings. The molecule has 1 aromatic carbocycles. The van der Waals surface area contributed by atoms with Gasteiger partial charge >= 0.3 is 0 Å². The second-order valence-corrected chi connectivity index (χ2v) is 7.76. The molecule has 0 saturated heterocycles. The Bertz CT molecular complexity index is 1280. The van der Waals surface area contributed by atoms with Gasteiger partial charge in [0, 0.05) is 30.8 Å². The van der Waals surface area contributed by atoms with E-state index in [1.54, 1.807) is 17.5 Å². The van der Waals surface area contributed by atoms with E-state index < -0.39 is 0 Å². The molecule has 0 bridgehead atoms. The molecule has 1 aliphatic heterocycles. The Balaban J connectivity index is 1.64. The van der Waals surface area contributed by atoms with Gasteiger partial charge in [-0.05, 0) is 18.2 Å². The van der Waals surface area contributed by atoms with E-state index in [0.717, 1.165) is 31.9 Å². The molecule has 0 spiro atoms. The monoisotopic (exact) mass is 378 g/mol. The minimum Gasteiger partial charge on any atom is -0.323 e. The molecule has 3 aromatic heterocycles. The van der Waals surface area contributed by atoms with Crippen LogP contribution in [0.25, 0.3) is 21.3 Å². The topological polar surface area (TPSA) is 77.1 Å². The summed E-state index contributed by atoms with van der Waals surface area (Å²) in [6, 6.07) is 6.12. The molecule has 7 nitrogen and oxygen atoms in total. The molecule has 1 N–H and O–H groups in total. The summed E-state index contributed by atoms with van der Waals surface area (Å²) in [6.07, 6.45) is 3.68. The highest BCUT2D eigenvalue weighted by atomic mass is 32.1. The van der Waals surface area contributed by atoms with Crippen LogP contribution in [-0.4, -0.2) is 32.6 Å². The Labute approximate surface area is 159 Å². The van der Waals surface area contributed by atoms with E-state index in [2.05, 4.69) is 26.5 Å². The van der Waals surface area contributed by atoms with Crippen molar-refractivity contribution in [1.82, 2.24) is 24.6 Å². The maximum Gasteiger partial charge on any atom is 0.291 e. The van der Waals surface area contributed by atoms with Crippen LogP contribution in [0.15, 0.2) is 34.2 Å². The zero-order chi connectivity index (χ0) is 18.5. The van der Waals surface area contributed by atoms with E-state index >= 15 is 0 Å². The summed E-state index contributed by atoms with van der Waals surface area (Å²) < 4.78 is 4.43. The van der Waals surface area contributed by atoms with E-state index in [-0.39, 0.29) is 5.56 Å². The molecule has 4 heterocycles. The summed E-state index contributed by atoms with van der Waals surface area (Å²) >= 11 is 1.61. The second-order valence-electron chi connectivity index (χ2n) is 6.68. The number of aromatic nitrogens is 4. The zero-order valence-corrected chi connectivity index (χ0v) is 15.9. The first kappa shape index (κ1) is 16.3. The third-order valence-electron chi connectivity index (χ3n) is 4.99. The van der Waals surface area contributed by atoms with Crippen molar-refractivity contribution in [3.8, 4) is 0 Å². The van der Waals surface area contributed by atoms with Crippen LogP contribution >= 0.6 is 11.3 Å². The van der Waals surface area contributed by atoms with Crippen molar-refractivity contribution in [2.75, 3.05) is 7.05 Å². The van der Waals surface area contributed by atoms with Crippen LogP contribution in [0, 0.1) is 0 Å². The minimum atomic E-state index is -0.0945. The maximum absolute atomic E-state index is 13.1. The van der Waals surface area contributed by atoms with Gasteiger partial charge in [-0.15, -0.1) is 11.3 Å². The first-order valence-corrected chi connectivity index (χ1v) is 9.58. The molecule has 0 radical (unpaired) electrons. The lowest BCUT2D eigenvalue weighted by atomic mass is 10.0. The third kappa shape index (κ3) is 2.44. The van der Waals surface area contributed by atoms with Crippen molar-refractivity contribution in [2.24, 2.45) is 12.0 Å². The number of hydrogen-bond acceptors (Lipinski definition) is 6. The summed E-state index contributed by atoms with van der Waals surface area (Å²) in [5.41, 5.74) is 4.76. The number of aryl methyl sites for hydroxylation is 1. The van der Waals surface area contributed by atoms with Crippen molar-refractivity contribution in [3.05, 3.63) is 56.4 Å². The van der Waals surface area contributed by atoms with Gasteiger partial charge in [-0.3, -0.25) is 9.79 Å². The molecule has 0 unspecified atom stereocenters. The number of benzene rings is 1. The Hall–Kier alpha value is -2.84. The van der Waals surface area contributed by atoms with Crippen LogP contribution < -0.4 is 10.9 Å². The van der Waals surface area contributed by atoms with E-state index in [0.29, 0.717) is 25.2 Å². The molecule has 5 rings (SSSR count). The van der Waals surface area contributed by atoms with Gasteiger partial charge in [-0.1, -0.05) is 18.2 Å². The Kier molecular flexibility index (Phi) is 3.70. The average molecular weight is 378 g/mol. The third-order valence-corrected chi connectivity index (χ3v) is 6.06. The molecule has 0 aliphatic carbocycles. The zero-order valence-electron chi connectivity index (χ0n) is 15.1. The van der Waals surface area contributed by atoms with Gasteiger partial charge in [0.25, 0.3) is 5.56 Å². The average Bonchev–Trinajstić information content (AvgIpc) is 3.35. The summed E-state index contributed by atoms with van der Waals surface area (Å²) in [5.74, 6) is 0. The standard InChI is InChI=1S/C19H18N6OS/c1-20-9-15-23-18-17(27-15)14-8-22-25(19(26)16(14)24(18)2)10-12-5-3-4-11-6-21-7-13(11)12/h3-5,7-8,20H,6,9-10H2,1-2H3. The lowest BCUT2D eigenvalue weighted by molar-refractivity contribution is 0.643. The van der Waals surface area contributed by atoms with Gasteiger partial charge in [0.2, 0.25) is 0 Å². The normalized spacial score (nSPS) is 13.1. The molecule has 27 heavy (non-hydrogen) atoms. The predicted molar refractivity (Wildman–Crippen MR) is 108 cm³/mol. The number of hydrogen-bond donors (Lipinski definition) is 1. The van der Waals surface area contributed by atoms with Gasteiger partial charge in [-0.25, -0.2) is 9.67 Å². The van der Waals surface area contributed by atoms with Crippen LogP contribution in [0.1, 0.15) is 21.7 Å². The summed E-state index contributed by atoms with van der Waals surface area (Å²) in [6.45, 7) is 1.85. The molecular weight excluding hydrogens is 360 g/mol. The Morgan fingerprint density at radius 3 is 3.07 bits per heavy atom. The van der Waals surface area contributed by atoms with Crippen LogP contribution in [0.4, 0.5) is 0 Å². The van der Waals surface area contributed by atoms with Crippen molar-refractivity contribution < 1.29 is 0 Å². The maximum atomic E-state index is 13.1. The summed E-state index contributed by atoms with van der Waals surface area (Å²) in [5, 5.41) is 9.44. The number of fused-ring (bicyclic) bond motifs is 4. The molecule has 0 fully saturated rings. The molecule has 0 saturated carbocycles. The fraction of sp³-hybridized carbons (Fsp3) is 0.263. The quantitative estimate of drug-likeness (QED) is 0.590. The van der Waals surface area contributed by atoms with E-state index in [1.165, 1.54) is 10.2 Å². The van der Waals surface area contributed by atoms with Crippen LogP contribution in [0.2, 0.25) is 0 Å². The number of nitrogens with one attached hydrogen (secondary N) is 1. The highest BCUT2D eigenvalue weighted by molar-refractivity contribution is 7.19. The Morgan fingerprint density at radius 1 is 1.33 bits per heavy atom. The first-order chi connectivity index (χ1) is 13.2. The predicted octanol–water partition coefficient (Wildman–Crippen LogP) is 2.04. The largest absolute Gasteiger partial charge is 0.323 e. The first-order valence-electron chi connectivity index (χ1n) is 8.76. The molecule has 1 aliphatic rings. The smallest absolute Gasteiger partial charge is 0.291 e. The van der Waals surface area contributed by atoms with Crippen molar-refractivity contribution in [2.45, 2.75) is 19.6 Å². The molecule has 0 amide bonds. The molecule has 8 heteroatoms. The second kappa shape index (κ2) is 6.11. The van der Waals surface area contributed by atoms with Gasteiger partial charge in [-0.2, -0.15) is 5.10 Å². The number of aliphatic imine (C=N–C) groups is 1. The fourth-order valence-corrected chi connectivity index (χ4v) is 4.79. The number of nitrogens with zero attached hydrogens (tertiary/aromatic N) is 5. The highest BCUT2D eigenvalue weighted by Gasteiger charge is 2.19. The van der Waals surface area contributed by atoms with Crippen molar-refractivity contribution in [1.29, 1.82) is 0 Å². The summed E-state index contributed by atoms with van der Waals surface area (Å²) in [7, 11) is 3.79. The van der Waals surface area contributed by atoms with E-state index in [9.17, 15) is 4.79 Å². The minimum absolute atomic E-state index is 0.0945. The van der Waals surface area contributed by atoms with Gasteiger partial charge < -0.3 is 9.88 Å². The van der Waals surface area contributed by atoms with Crippen molar-refractivity contribution in [3.63, 3.8) is 0 Å². The fourth-order valence-electron chi connectivity index (χ4n) is 3.68. The van der Waals surface area contributed by atoms with Crippen molar-refractivity contribution >= 4 is 38.8 Å². The van der Waals surface area contributed by atoms with Crippen LogP contribution in [-0.2, 0) is 26.7 Å². The highest BCUT2D eigenvalue weighted by Crippen LogP contribution is 2.30. The molecular formula is C19H18N6OS. The Morgan fingerprint density at radius 2 is 2.22 bits per heavy atom. The summed E-state index contributed by atoms with van der Waals surface area (Å²) in [4.78, 5) is 22.1. The lowest BCUT2D eigenvalue weighted by Crippen LogP contribution is -2.25. The SMILES string of the molecule is CNCc1nc2c(s1)c1cnn(Cc3cccc4c3C=NC4)c(=O)c1n2C.